The summed E-state index contributed by atoms with van der Waals surface area (Å²) in [6, 6.07) is 16.6. The first kappa shape index (κ1) is 21.5. The van der Waals surface area contributed by atoms with E-state index in [1.807, 2.05) is 54.6 Å². The highest BCUT2D eigenvalue weighted by molar-refractivity contribution is 5.91. The molecular formula is C23H29N3O4. The van der Waals surface area contributed by atoms with Gasteiger partial charge in [0.1, 0.15) is 23.6 Å². The molecule has 0 spiro atoms. The van der Waals surface area contributed by atoms with Gasteiger partial charge < -0.3 is 25.4 Å². The van der Waals surface area contributed by atoms with Crippen molar-refractivity contribution in [3.8, 4) is 11.5 Å². The number of carbonyl (C=O) groups is 2. The third-order valence-corrected chi connectivity index (χ3v) is 5.26. The molecule has 2 aromatic rings. The minimum atomic E-state index is -0.860. The third kappa shape index (κ3) is 5.89. The van der Waals surface area contributed by atoms with E-state index in [4.69, 9.17) is 9.47 Å². The summed E-state index contributed by atoms with van der Waals surface area (Å²) in [5.74, 6) is 1.31. The zero-order valence-corrected chi connectivity index (χ0v) is 17.3. The lowest BCUT2D eigenvalue weighted by atomic mass is 9.96. The van der Waals surface area contributed by atoms with E-state index >= 15 is 0 Å². The van der Waals surface area contributed by atoms with Gasteiger partial charge in [-0.05, 0) is 42.7 Å². The van der Waals surface area contributed by atoms with Gasteiger partial charge >= 0.3 is 6.03 Å². The van der Waals surface area contributed by atoms with Crippen molar-refractivity contribution >= 4 is 11.9 Å². The number of hydrogen-bond donors (Lipinski definition) is 3. The van der Waals surface area contributed by atoms with Crippen LogP contribution in [0, 0.1) is 0 Å². The predicted octanol–water partition coefficient (Wildman–Crippen LogP) is 3.00. The van der Waals surface area contributed by atoms with E-state index in [2.05, 4.69) is 16.0 Å². The molecule has 1 aliphatic carbocycles. The summed E-state index contributed by atoms with van der Waals surface area (Å²) < 4.78 is 10.8. The van der Waals surface area contributed by atoms with Gasteiger partial charge in [0.2, 0.25) is 5.91 Å². The Morgan fingerprint density at radius 3 is 2.27 bits per heavy atom. The van der Waals surface area contributed by atoms with E-state index in [1.54, 1.807) is 7.11 Å². The number of methoxy groups -OCH3 is 1. The summed E-state index contributed by atoms with van der Waals surface area (Å²) in [6.07, 6.45) is 3.09. The molecule has 0 unspecified atom stereocenters. The monoisotopic (exact) mass is 411 g/mol. The van der Waals surface area contributed by atoms with Gasteiger partial charge in [0.15, 0.2) is 0 Å². The maximum absolute atomic E-state index is 12.8. The Balaban J connectivity index is 1.45. The Hall–Kier alpha value is -3.22. The zero-order chi connectivity index (χ0) is 21.2. The molecule has 1 aliphatic rings. The second-order valence-corrected chi connectivity index (χ2v) is 7.36. The standard InChI is InChI=1S/C23H29N3O4/c1-29-19-9-11-20(12-10-19)30-16-15-24-21(27)23(13-5-6-14-23)26-22(28)25-17-18-7-3-2-4-8-18/h2-4,7-12H,5-6,13-17H2,1H3,(H,24,27)(H2,25,26,28). The van der Waals surface area contributed by atoms with E-state index in [1.165, 1.54) is 0 Å². The Morgan fingerprint density at radius 2 is 1.60 bits per heavy atom. The van der Waals surface area contributed by atoms with Gasteiger partial charge in [-0.1, -0.05) is 43.2 Å². The van der Waals surface area contributed by atoms with Crippen molar-refractivity contribution in [3.63, 3.8) is 0 Å². The highest BCUT2D eigenvalue weighted by atomic mass is 16.5. The van der Waals surface area contributed by atoms with Crippen LogP contribution in [0.15, 0.2) is 54.6 Å². The molecule has 0 aromatic heterocycles. The van der Waals surface area contributed by atoms with E-state index in [0.29, 0.717) is 38.3 Å². The molecule has 0 saturated heterocycles. The summed E-state index contributed by atoms with van der Waals surface area (Å²) in [5.41, 5.74) is 0.147. The smallest absolute Gasteiger partial charge is 0.315 e. The molecule has 1 fully saturated rings. The minimum absolute atomic E-state index is 0.159. The Labute approximate surface area is 177 Å². The quantitative estimate of drug-likeness (QED) is 0.554. The van der Waals surface area contributed by atoms with Crippen LogP contribution in [0.3, 0.4) is 0 Å². The Morgan fingerprint density at radius 1 is 0.933 bits per heavy atom. The van der Waals surface area contributed by atoms with Crippen LogP contribution < -0.4 is 25.4 Å². The van der Waals surface area contributed by atoms with Crippen LogP contribution in [0.1, 0.15) is 31.2 Å². The first-order chi connectivity index (χ1) is 14.6. The van der Waals surface area contributed by atoms with Crippen LogP contribution in [-0.2, 0) is 11.3 Å². The molecule has 0 atom stereocenters. The van der Waals surface area contributed by atoms with Crippen molar-refractivity contribution in [2.45, 2.75) is 37.8 Å². The fourth-order valence-corrected chi connectivity index (χ4v) is 3.60. The van der Waals surface area contributed by atoms with Gasteiger partial charge in [0.25, 0.3) is 0 Å². The molecule has 0 radical (unpaired) electrons. The first-order valence-electron chi connectivity index (χ1n) is 10.3. The SMILES string of the molecule is COc1ccc(OCCNC(=O)C2(NC(=O)NCc3ccccc3)CCCC2)cc1. The average Bonchev–Trinajstić information content (AvgIpc) is 3.26. The van der Waals surface area contributed by atoms with Gasteiger partial charge in [-0.2, -0.15) is 0 Å². The third-order valence-electron chi connectivity index (χ3n) is 5.26. The van der Waals surface area contributed by atoms with Crippen LogP contribution in [0.2, 0.25) is 0 Å². The molecule has 2 aromatic carbocycles. The first-order valence-corrected chi connectivity index (χ1v) is 10.3. The summed E-state index contributed by atoms with van der Waals surface area (Å²) >= 11 is 0. The summed E-state index contributed by atoms with van der Waals surface area (Å²) in [7, 11) is 1.61. The van der Waals surface area contributed by atoms with Crippen molar-refractivity contribution in [3.05, 3.63) is 60.2 Å². The number of amides is 3. The largest absolute Gasteiger partial charge is 0.497 e. The molecule has 0 bridgehead atoms. The fraction of sp³-hybridized carbons (Fsp3) is 0.391. The number of hydrogen-bond acceptors (Lipinski definition) is 4. The number of benzene rings is 2. The van der Waals surface area contributed by atoms with Crippen molar-refractivity contribution in [1.82, 2.24) is 16.0 Å². The van der Waals surface area contributed by atoms with Crippen molar-refractivity contribution in [2.24, 2.45) is 0 Å². The van der Waals surface area contributed by atoms with E-state index in [0.717, 1.165) is 24.2 Å². The van der Waals surface area contributed by atoms with Crippen LogP contribution in [0.5, 0.6) is 11.5 Å². The molecule has 30 heavy (non-hydrogen) atoms. The lowest BCUT2D eigenvalue weighted by molar-refractivity contribution is -0.127. The predicted molar refractivity (Wildman–Crippen MR) is 115 cm³/mol. The molecule has 7 heteroatoms. The Bertz CT molecular complexity index is 818. The number of nitrogens with one attached hydrogen (secondary N) is 3. The van der Waals surface area contributed by atoms with Crippen LogP contribution in [0.4, 0.5) is 4.79 Å². The van der Waals surface area contributed by atoms with Crippen molar-refractivity contribution < 1.29 is 19.1 Å². The average molecular weight is 412 g/mol. The van der Waals surface area contributed by atoms with Gasteiger partial charge in [-0.15, -0.1) is 0 Å². The molecule has 3 rings (SSSR count). The highest BCUT2D eigenvalue weighted by Crippen LogP contribution is 2.30. The fourth-order valence-electron chi connectivity index (χ4n) is 3.60. The number of urea groups is 1. The maximum atomic E-state index is 12.8. The summed E-state index contributed by atoms with van der Waals surface area (Å²) in [5, 5.41) is 8.66. The normalized spacial score (nSPS) is 14.6. The Kier molecular flexibility index (Phi) is 7.54. The number of carbonyl (C=O) groups excluding carboxylic acids is 2. The second-order valence-electron chi connectivity index (χ2n) is 7.36. The summed E-state index contributed by atoms with van der Waals surface area (Å²) in [4.78, 5) is 25.3. The van der Waals surface area contributed by atoms with E-state index < -0.39 is 5.54 Å². The lowest BCUT2D eigenvalue weighted by Gasteiger charge is -2.29. The van der Waals surface area contributed by atoms with Gasteiger partial charge in [0, 0.05) is 6.54 Å². The molecule has 7 nitrogen and oxygen atoms in total. The molecule has 1 saturated carbocycles. The molecule has 0 heterocycles. The number of rotatable bonds is 9. The van der Waals surface area contributed by atoms with E-state index in [-0.39, 0.29) is 11.9 Å². The summed E-state index contributed by atoms with van der Waals surface area (Å²) in [6.45, 7) is 1.12. The molecule has 3 amide bonds. The van der Waals surface area contributed by atoms with E-state index in [9.17, 15) is 9.59 Å². The molecular weight excluding hydrogens is 382 g/mol. The molecule has 0 aliphatic heterocycles. The van der Waals surface area contributed by atoms with Crippen LogP contribution in [-0.4, -0.2) is 37.7 Å². The van der Waals surface area contributed by atoms with Gasteiger partial charge in [-0.25, -0.2) is 4.79 Å². The maximum Gasteiger partial charge on any atom is 0.315 e. The van der Waals surface area contributed by atoms with Crippen LogP contribution in [0.25, 0.3) is 0 Å². The second kappa shape index (κ2) is 10.5. The highest BCUT2D eigenvalue weighted by Gasteiger charge is 2.42. The van der Waals surface area contributed by atoms with Crippen LogP contribution >= 0.6 is 0 Å². The number of ether oxygens (including phenoxy) is 2. The molecule has 160 valence electrons. The van der Waals surface area contributed by atoms with Gasteiger partial charge in [0.05, 0.1) is 13.7 Å². The molecule has 3 N–H and O–H groups in total. The lowest BCUT2D eigenvalue weighted by Crippen LogP contribution is -2.59. The van der Waals surface area contributed by atoms with Crippen molar-refractivity contribution in [2.75, 3.05) is 20.3 Å². The van der Waals surface area contributed by atoms with Crippen molar-refractivity contribution in [1.29, 1.82) is 0 Å². The topological polar surface area (TPSA) is 88.7 Å². The minimum Gasteiger partial charge on any atom is -0.497 e. The zero-order valence-electron chi connectivity index (χ0n) is 17.3. The van der Waals surface area contributed by atoms with Gasteiger partial charge in [-0.3, -0.25) is 4.79 Å².